The largest absolute Gasteiger partial charge is 1.00 e. The predicted octanol–water partition coefficient (Wildman–Crippen LogP) is -5.01. The normalized spacial score (nSPS) is 30.8. The third kappa shape index (κ3) is 2.23. The predicted molar refractivity (Wildman–Crippen MR) is 22.5 cm³/mol. The maximum absolute atomic E-state index is 9.90. The molecule has 1 heterocycles. The number of aliphatic carboxylic acids is 1. The summed E-state index contributed by atoms with van der Waals surface area (Å²) in [6.07, 6.45) is 0. The Labute approximate surface area is 75.0 Å². The fourth-order valence-corrected chi connectivity index (χ4v) is 0.517. The smallest absolute Gasteiger partial charge is 0.548 e. The van der Waals surface area contributed by atoms with Crippen LogP contribution in [0.1, 0.15) is 0 Å². The zero-order valence-electron chi connectivity index (χ0n) is 5.46. The number of hydroxylamine groups is 2. The van der Waals surface area contributed by atoms with Gasteiger partial charge >= 0.3 is 29.6 Å². The zero-order valence-corrected chi connectivity index (χ0v) is 7.46. The first-order valence-electron chi connectivity index (χ1n) is 2.27. The summed E-state index contributed by atoms with van der Waals surface area (Å²) in [5.74, 6) is -1.06. The number of carbonyl (C=O) groups excluding carboxylic acids is 1. The fraction of sp³-hybridized carbons (Fsp3) is 0.750. The van der Waals surface area contributed by atoms with Gasteiger partial charge in [-0.25, -0.2) is 0 Å². The molecule has 0 aliphatic carbocycles. The Morgan fingerprint density at radius 1 is 1.89 bits per heavy atom. The van der Waals surface area contributed by atoms with E-state index in [4.69, 9.17) is 0 Å². The fourth-order valence-electron chi connectivity index (χ4n) is 0.517. The van der Waals surface area contributed by atoms with Crippen molar-refractivity contribution < 1.29 is 44.3 Å². The van der Waals surface area contributed by atoms with Gasteiger partial charge in [0.25, 0.3) is 0 Å². The molecule has 0 bridgehead atoms. The van der Waals surface area contributed by atoms with Crippen molar-refractivity contribution in [1.82, 2.24) is 5.06 Å². The average Bonchev–Trinajstić information content (AvgIpc) is 2.42. The summed E-state index contributed by atoms with van der Waals surface area (Å²) in [6, 6.07) is -0.500. The van der Waals surface area contributed by atoms with E-state index >= 15 is 0 Å². The van der Waals surface area contributed by atoms with Gasteiger partial charge in [0.05, 0.1) is 19.1 Å². The summed E-state index contributed by atoms with van der Waals surface area (Å²) in [4.78, 5) is 14.4. The number of nitrogens with zero attached hydrogens (tertiary/aromatic N) is 1. The number of carboxylic acid groups (broad SMARTS) is 1. The molecule has 0 aromatic rings. The van der Waals surface area contributed by atoms with E-state index in [2.05, 4.69) is 4.84 Å². The van der Waals surface area contributed by atoms with Crippen molar-refractivity contribution in [2.45, 2.75) is 6.04 Å². The van der Waals surface area contributed by atoms with Crippen LogP contribution in [0.4, 0.5) is 0 Å². The van der Waals surface area contributed by atoms with Gasteiger partial charge in [-0.05, 0) is 0 Å². The molecule has 1 saturated heterocycles. The summed E-state index contributed by atoms with van der Waals surface area (Å²) in [5, 5.41) is 11.2. The second kappa shape index (κ2) is 3.53. The van der Waals surface area contributed by atoms with Crippen LogP contribution in [0.25, 0.3) is 0 Å². The van der Waals surface area contributed by atoms with Crippen molar-refractivity contribution in [2.75, 3.05) is 13.7 Å². The van der Waals surface area contributed by atoms with Gasteiger partial charge in [-0.3, -0.25) is 0 Å². The first-order chi connectivity index (χ1) is 3.75. The molecule has 9 heavy (non-hydrogen) atoms. The molecule has 1 aliphatic rings. The monoisotopic (exact) mass is 139 g/mol. The molecule has 0 spiro atoms. The van der Waals surface area contributed by atoms with E-state index in [-0.39, 0.29) is 29.6 Å². The standard InChI is InChI=1S/C4H7NO3.Na/c1-8-5-2-3(5)4(6)7;/h3H,2H2,1H3,(H,6,7);/q;+1/p-1. The van der Waals surface area contributed by atoms with E-state index < -0.39 is 12.0 Å². The molecule has 0 saturated carbocycles. The van der Waals surface area contributed by atoms with Crippen molar-refractivity contribution in [1.29, 1.82) is 0 Å². The van der Waals surface area contributed by atoms with Crippen molar-refractivity contribution >= 4 is 5.97 Å². The van der Waals surface area contributed by atoms with Gasteiger partial charge in [-0.15, -0.1) is 0 Å². The van der Waals surface area contributed by atoms with E-state index in [0.717, 1.165) is 0 Å². The van der Waals surface area contributed by atoms with E-state index in [1.165, 1.54) is 12.2 Å². The van der Waals surface area contributed by atoms with Crippen LogP contribution in [-0.4, -0.2) is 30.7 Å². The third-order valence-electron chi connectivity index (χ3n) is 1.07. The van der Waals surface area contributed by atoms with E-state index in [0.29, 0.717) is 6.54 Å². The third-order valence-corrected chi connectivity index (χ3v) is 1.07. The summed E-state index contributed by atoms with van der Waals surface area (Å²) in [5.41, 5.74) is 0. The minimum absolute atomic E-state index is 0. The molecule has 46 valence electrons. The maximum Gasteiger partial charge on any atom is 1.00 e. The van der Waals surface area contributed by atoms with E-state index in [9.17, 15) is 9.90 Å². The van der Waals surface area contributed by atoms with Crippen molar-refractivity contribution in [2.24, 2.45) is 0 Å². The minimum atomic E-state index is -1.06. The Bertz CT molecular complexity index is 118. The van der Waals surface area contributed by atoms with Crippen LogP contribution >= 0.6 is 0 Å². The molecule has 0 aromatic heterocycles. The number of hydrogen-bond acceptors (Lipinski definition) is 4. The summed E-state index contributed by atoms with van der Waals surface area (Å²) in [7, 11) is 1.43. The SMILES string of the molecule is CON1CC1C(=O)[O-].[Na+]. The van der Waals surface area contributed by atoms with Gasteiger partial charge in [0.2, 0.25) is 0 Å². The molecule has 1 rings (SSSR count). The number of carbonyl (C=O) groups is 1. The van der Waals surface area contributed by atoms with Gasteiger partial charge in [0.15, 0.2) is 0 Å². The van der Waals surface area contributed by atoms with Gasteiger partial charge in [0, 0.05) is 6.54 Å². The molecular formula is C4H6NNaO3. The molecule has 5 heteroatoms. The molecule has 2 unspecified atom stereocenters. The molecule has 0 radical (unpaired) electrons. The van der Waals surface area contributed by atoms with Crippen molar-refractivity contribution in [3.05, 3.63) is 0 Å². The van der Waals surface area contributed by atoms with E-state index in [1.54, 1.807) is 0 Å². The number of carboxylic acids is 1. The second-order valence-corrected chi connectivity index (χ2v) is 1.62. The Balaban J connectivity index is 0.000000640. The maximum atomic E-state index is 9.90. The minimum Gasteiger partial charge on any atom is -0.548 e. The molecule has 1 fully saturated rings. The molecule has 2 atom stereocenters. The average molecular weight is 139 g/mol. The van der Waals surface area contributed by atoms with Crippen LogP contribution in [0.3, 0.4) is 0 Å². The summed E-state index contributed by atoms with van der Waals surface area (Å²) >= 11 is 0. The molecule has 4 nitrogen and oxygen atoms in total. The van der Waals surface area contributed by atoms with Gasteiger partial charge < -0.3 is 14.7 Å². The van der Waals surface area contributed by atoms with Crippen LogP contribution in [0, 0.1) is 0 Å². The first-order valence-corrected chi connectivity index (χ1v) is 2.27. The molecule has 0 amide bonds. The number of hydrogen-bond donors (Lipinski definition) is 0. The van der Waals surface area contributed by atoms with E-state index in [1.807, 2.05) is 0 Å². The molecular weight excluding hydrogens is 133 g/mol. The van der Waals surface area contributed by atoms with Crippen LogP contribution in [-0.2, 0) is 9.63 Å². The summed E-state index contributed by atoms with van der Waals surface area (Å²) in [6.45, 7) is 0.457. The molecule has 0 aromatic carbocycles. The number of rotatable bonds is 2. The van der Waals surface area contributed by atoms with Gasteiger partial charge in [-0.1, -0.05) is 0 Å². The van der Waals surface area contributed by atoms with Gasteiger partial charge in [-0.2, -0.15) is 5.06 Å². The summed E-state index contributed by atoms with van der Waals surface area (Å²) < 4.78 is 0. The van der Waals surface area contributed by atoms with Crippen LogP contribution in [0.2, 0.25) is 0 Å². The van der Waals surface area contributed by atoms with Crippen molar-refractivity contribution in [3.63, 3.8) is 0 Å². The quantitative estimate of drug-likeness (QED) is 0.284. The van der Waals surface area contributed by atoms with Crippen LogP contribution < -0.4 is 34.7 Å². The Kier molecular flexibility index (Phi) is 3.68. The Morgan fingerprint density at radius 2 is 2.44 bits per heavy atom. The van der Waals surface area contributed by atoms with Crippen LogP contribution in [0.15, 0.2) is 0 Å². The first kappa shape index (κ1) is 9.39. The Hall–Kier alpha value is 0.390. The van der Waals surface area contributed by atoms with Crippen LogP contribution in [0.5, 0.6) is 0 Å². The second-order valence-electron chi connectivity index (χ2n) is 1.62. The molecule has 1 aliphatic heterocycles. The van der Waals surface area contributed by atoms with Gasteiger partial charge in [0.1, 0.15) is 0 Å². The Morgan fingerprint density at radius 3 is 2.56 bits per heavy atom. The topological polar surface area (TPSA) is 52.4 Å². The molecule has 0 N–H and O–H groups in total. The zero-order chi connectivity index (χ0) is 6.15. The van der Waals surface area contributed by atoms with Crippen molar-refractivity contribution in [3.8, 4) is 0 Å².